The summed E-state index contributed by atoms with van der Waals surface area (Å²) in [5.74, 6) is -1.18. The number of pyridine rings is 1. The van der Waals surface area contributed by atoms with E-state index in [-0.39, 0.29) is 12.3 Å². The molecule has 118 valence electrons. The molecule has 1 rings (SSSR count). The highest BCUT2D eigenvalue weighted by molar-refractivity contribution is 5.68. The largest absolute Gasteiger partial charge is 0.503 e. The summed E-state index contributed by atoms with van der Waals surface area (Å²) in [6.45, 7) is 3.11. The van der Waals surface area contributed by atoms with E-state index in [1.54, 1.807) is 11.9 Å². The van der Waals surface area contributed by atoms with Crippen LogP contribution in [-0.2, 0) is 17.9 Å². The maximum Gasteiger partial charge on any atom is 0.317 e. The lowest BCUT2D eigenvalue weighted by Gasteiger charge is -2.19. The minimum Gasteiger partial charge on any atom is -0.503 e. The molecule has 0 saturated carbocycles. The van der Waals surface area contributed by atoms with Gasteiger partial charge in [0.2, 0.25) is 5.43 Å². The molecular formula is C15H24N2O4. The van der Waals surface area contributed by atoms with Crippen LogP contribution in [0.25, 0.3) is 0 Å². The minimum absolute atomic E-state index is 0.0924. The summed E-state index contributed by atoms with van der Waals surface area (Å²) < 4.78 is 1.84. The Morgan fingerprint density at radius 1 is 1.33 bits per heavy atom. The predicted octanol–water partition coefficient (Wildman–Crippen LogP) is 1.65. The Morgan fingerprint density at radius 2 is 2.05 bits per heavy atom. The fraction of sp³-hybridized carbons (Fsp3) is 0.600. The van der Waals surface area contributed by atoms with E-state index in [2.05, 4.69) is 6.92 Å². The van der Waals surface area contributed by atoms with E-state index in [4.69, 9.17) is 5.11 Å². The number of carboxylic acids is 1. The number of rotatable bonds is 9. The van der Waals surface area contributed by atoms with Crippen LogP contribution in [0.1, 0.15) is 38.3 Å². The summed E-state index contributed by atoms with van der Waals surface area (Å²) in [7, 11) is 1.69. The van der Waals surface area contributed by atoms with Crippen LogP contribution in [0.4, 0.5) is 0 Å². The van der Waals surface area contributed by atoms with Gasteiger partial charge >= 0.3 is 5.97 Å². The minimum atomic E-state index is -0.909. The normalized spacial score (nSPS) is 11.0. The van der Waals surface area contributed by atoms with Crippen molar-refractivity contribution in [2.45, 2.75) is 45.7 Å². The molecule has 1 aromatic rings. The standard InChI is InChI=1S/C15H24N2O4/c1-3-4-5-6-7-17-10-14(19)13(18)8-12(17)9-16(2)11-15(20)21/h8,10,19H,3-7,9,11H2,1-2H3,(H,20,21). The van der Waals surface area contributed by atoms with Crippen LogP contribution in [0.3, 0.4) is 0 Å². The van der Waals surface area contributed by atoms with E-state index in [1.807, 2.05) is 4.57 Å². The van der Waals surface area contributed by atoms with Crippen LogP contribution < -0.4 is 5.43 Å². The van der Waals surface area contributed by atoms with Crippen LogP contribution in [-0.4, -0.2) is 39.2 Å². The quantitative estimate of drug-likeness (QED) is 0.677. The molecule has 0 unspecified atom stereocenters. The monoisotopic (exact) mass is 296 g/mol. The van der Waals surface area contributed by atoms with Crippen molar-refractivity contribution in [3.8, 4) is 5.75 Å². The van der Waals surface area contributed by atoms with Crippen LogP contribution >= 0.6 is 0 Å². The molecule has 0 amide bonds. The summed E-state index contributed by atoms with van der Waals surface area (Å²) in [5.41, 5.74) is 0.289. The zero-order valence-corrected chi connectivity index (χ0v) is 12.7. The molecule has 0 radical (unpaired) electrons. The van der Waals surface area contributed by atoms with Crippen LogP contribution in [0.5, 0.6) is 5.75 Å². The first-order valence-electron chi connectivity index (χ1n) is 7.26. The highest BCUT2D eigenvalue weighted by Gasteiger charge is 2.10. The number of aliphatic carboxylic acids is 1. The van der Waals surface area contributed by atoms with Gasteiger partial charge in [-0.3, -0.25) is 14.5 Å². The van der Waals surface area contributed by atoms with Crippen molar-refractivity contribution in [3.63, 3.8) is 0 Å². The van der Waals surface area contributed by atoms with Crippen molar-refractivity contribution in [3.05, 3.63) is 28.2 Å². The Hall–Kier alpha value is -1.82. The van der Waals surface area contributed by atoms with E-state index in [0.29, 0.717) is 13.1 Å². The van der Waals surface area contributed by atoms with E-state index in [0.717, 1.165) is 31.4 Å². The lowest BCUT2D eigenvalue weighted by Crippen LogP contribution is -2.27. The smallest absolute Gasteiger partial charge is 0.317 e. The molecule has 6 nitrogen and oxygen atoms in total. The lowest BCUT2D eigenvalue weighted by molar-refractivity contribution is -0.138. The lowest BCUT2D eigenvalue weighted by atomic mass is 10.2. The summed E-state index contributed by atoms with van der Waals surface area (Å²) in [6.07, 6.45) is 5.79. The van der Waals surface area contributed by atoms with E-state index < -0.39 is 11.4 Å². The Morgan fingerprint density at radius 3 is 2.67 bits per heavy atom. The number of carboxylic acid groups (broad SMARTS) is 1. The van der Waals surface area contributed by atoms with Gasteiger partial charge in [0.1, 0.15) is 0 Å². The second kappa shape index (κ2) is 8.46. The second-order valence-electron chi connectivity index (χ2n) is 5.33. The van der Waals surface area contributed by atoms with E-state index in [1.165, 1.54) is 12.3 Å². The second-order valence-corrected chi connectivity index (χ2v) is 5.33. The molecule has 6 heteroatoms. The molecule has 0 spiro atoms. The summed E-state index contributed by atoms with van der Waals surface area (Å²) >= 11 is 0. The first-order chi connectivity index (χ1) is 9.93. The Kier molecular flexibility index (Phi) is 6.94. The van der Waals surface area contributed by atoms with Crippen LogP contribution in [0, 0.1) is 0 Å². The zero-order chi connectivity index (χ0) is 15.8. The van der Waals surface area contributed by atoms with Crippen molar-refractivity contribution in [1.29, 1.82) is 0 Å². The molecule has 1 aromatic heterocycles. The fourth-order valence-corrected chi connectivity index (χ4v) is 2.22. The molecule has 0 saturated heterocycles. The molecule has 0 aliphatic rings. The first kappa shape index (κ1) is 17.2. The highest BCUT2D eigenvalue weighted by atomic mass is 16.4. The third-order valence-corrected chi connectivity index (χ3v) is 3.29. The van der Waals surface area contributed by atoms with Crippen LogP contribution in [0.2, 0.25) is 0 Å². The summed E-state index contributed by atoms with van der Waals surface area (Å²) in [6, 6.07) is 1.38. The number of carbonyl (C=O) groups is 1. The van der Waals surface area contributed by atoms with Gasteiger partial charge in [0.15, 0.2) is 5.75 Å². The third-order valence-electron chi connectivity index (χ3n) is 3.29. The molecule has 2 N–H and O–H groups in total. The molecule has 0 atom stereocenters. The van der Waals surface area contributed by atoms with Crippen molar-refractivity contribution in [2.75, 3.05) is 13.6 Å². The zero-order valence-electron chi connectivity index (χ0n) is 12.7. The van der Waals surface area contributed by atoms with Gasteiger partial charge < -0.3 is 14.8 Å². The molecular weight excluding hydrogens is 272 g/mol. The average molecular weight is 296 g/mol. The Labute approximate surface area is 124 Å². The van der Waals surface area contributed by atoms with Gasteiger partial charge in [-0.25, -0.2) is 0 Å². The number of aryl methyl sites for hydroxylation is 1. The molecule has 0 bridgehead atoms. The van der Waals surface area contributed by atoms with E-state index in [9.17, 15) is 14.7 Å². The molecule has 0 fully saturated rings. The van der Waals surface area contributed by atoms with Gasteiger partial charge in [-0.1, -0.05) is 26.2 Å². The first-order valence-corrected chi connectivity index (χ1v) is 7.26. The number of aromatic nitrogens is 1. The van der Waals surface area contributed by atoms with Crippen molar-refractivity contribution in [2.24, 2.45) is 0 Å². The Bertz CT molecular complexity index is 525. The SMILES string of the molecule is CCCCCCn1cc(O)c(=O)cc1CN(C)CC(=O)O. The predicted molar refractivity (Wildman–Crippen MR) is 80.5 cm³/mol. The summed E-state index contributed by atoms with van der Waals surface area (Å²) in [5, 5.41) is 18.3. The van der Waals surface area contributed by atoms with Crippen molar-refractivity contribution in [1.82, 2.24) is 9.47 Å². The number of aromatic hydroxyl groups is 1. The van der Waals surface area contributed by atoms with Gasteiger partial charge in [-0.15, -0.1) is 0 Å². The number of nitrogens with zero attached hydrogens (tertiary/aromatic N) is 2. The van der Waals surface area contributed by atoms with Crippen molar-refractivity contribution < 1.29 is 15.0 Å². The van der Waals surface area contributed by atoms with Gasteiger partial charge in [0.05, 0.1) is 12.7 Å². The van der Waals surface area contributed by atoms with Gasteiger partial charge in [-0.2, -0.15) is 0 Å². The maximum atomic E-state index is 11.6. The number of hydrogen-bond donors (Lipinski definition) is 2. The van der Waals surface area contributed by atoms with Gasteiger partial charge in [0.25, 0.3) is 0 Å². The maximum absolute atomic E-state index is 11.6. The molecule has 0 aliphatic heterocycles. The third kappa shape index (κ3) is 5.99. The molecule has 0 aromatic carbocycles. The van der Waals surface area contributed by atoms with Crippen LogP contribution in [0.15, 0.2) is 17.1 Å². The molecule has 0 aliphatic carbocycles. The topological polar surface area (TPSA) is 82.8 Å². The number of unbranched alkanes of at least 4 members (excludes halogenated alkanes) is 3. The van der Waals surface area contributed by atoms with Gasteiger partial charge in [0, 0.05) is 24.8 Å². The van der Waals surface area contributed by atoms with Crippen molar-refractivity contribution >= 4 is 5.97 Å². The average Bonchev–Trinajstić information content (AvgIpc) is 2.39. The van der Waals surface area contributed by atoms with Gasteiger partial charge in [-0.05, 0) is 13.5 Å². The summed E-state index contributed by atoms with van der Waals surface area (Å²) in [4.78, 5) is 23.9. The highest BCUT2D eigenvalue weighted by Crippen LogP contribution is 2.10. The molecule has 21 heavy (non-hydrogen) atoms. The number of likely N-dealkylation sites (N-methyl/N-ethyl adjacent to an activating group) is 1. The fourth-order valence-electron chi connectivity index (χ4n) is 2.22. The van der Waals surface area contributed by atoms with E-state index >= 15 is 0 Å². The number of hydrogen-bond acceptors (Lipinski definition) is 4. The molecule has 1 heterocycles. The Balaban J connectivity index is 2.81.